The molecule has 3 saturated carbocycles. The molecule has 0 saturated heterocycles. The van der Waals surface area contributed by atoms with Crippen LogP contribution >= 0.6 is 0 Å². The van der Waals surface area contributed by atoms with Gasteiger partial charge in [0, 0.05) is 17.8 Å². The lowest BCUT2D eigenvalue weighted by Gasteiger charge is -2.62. The fourth-order valence-electron chi connectivity index (χ4n) is 7.14. The van der Waals surface area contributed by atoms with E-state index in [1.54, 1.807) is 6.08 Å². The second kappa shape index (κ2) is 5.50. The Hall–Kier alpha value is -1.00. The number of Topliss-reactive ketones (excluding diaryl/α,β-unsaturated/α-hetero) is 1. The van der Waals surface area contributed by atoms with Crippen molar-refractivity contribution in [2.75, 3.05) is 6.61 Å². The molecule has 0 heterocycles. The molecule has 25 heavy (non-hydrogen) atoms. The minimum atomic E-state index is -0.765. The van der Waals surface area contributed by atoms with Gasteiger partial charge in [0.2, 0.25) is 0 Å². The summed E-state index contributed by atoms with van der Waals surface area (Å²) >= 11 is 0. The number of aliphatic hydroxyl groups is 2. The summed E-state index contributed by atoms with van der Waals surface area (Å²) in [6.07, 6.45) is 8.21. The van der Waals surface area contributed by atoms with Gasteiger partial charge in [-0.2, -0.15) is 0 Å². The smallest absolute Gasteiger partial charge is 0.161 e. The molecular weight excluding hydrogens is 316 g/mol. The monoisotopic (exact) mass is 346 g/mol. The fourth-order valence-corrected chi connectivity index (χ4v) is 7.14. The van der Waals surface area contributed by atoms with E-state index in [0.29, 0.717) is 18.8 Å². The Kier molecular flexibility index (Phi) is 3.83. The van der Waals surface area contributed by atoms with Gasteiger partial charge in [-0.25, -0.2) is 0 Å². The van der Waals surface area contributed by atoms with Crippen LogP contribution in [0.15, 0.2) is 11.6 Å². The van der Waals surface area contributed by atoms with E-state index in [-0.39, 0.29) is 40.8 Å². The molecule has 4 nitrogen and oxygen atoms in total. The first-order valence-corrected chi connectivity index (χ1v) is 9.86. The zero-order valence-electron chi connectivity index (χ0n) is 15.4. The summed E-state index contributed by atoms with van der Waals surface area (Å²) in [4.78, 5) is 24.2. The van der Waals surface area contributed by atoms with Crippen LogP contribution in [-0.4, -0.2) is 34.0 Å². The average molecular weight is 346 g/mol. The quantitative estimate of drug-likeness (QED) is 0.806. The molecule has 0 aromatic heterocycles. The first-order chi connectivity index (χ1) is 11.8. The summed E-state index contributed by atoms with van der Waals surface area (Å²) < 4.78 is 0. The first-order valence-electron chi connectivity index (χ1n) is 9.86. The minimum Gasteiger partial charge on any atom is -0.389 e. The number of fused-ring (bicyclic) bond motifs is 5. The van der Waals surface area contributed by atoms with Gasteiger partial charge in [0.15, 0.2) is 11.6 Å². The molecule has 0 spiro atoms. The predicted octanol–water partition coefficient (Wildman–Crippen LogP) is 2.81. The lowest BCUT2D eigenvalue weighted by Crippen LogP contribution is -2.63. The molecule has 0 bridgehead atoms. The van der Waals surface area contributed by atoms with Gasteiger partial charge >= 0.3 is 0 Å². The van der Waals surface area contributed by atoms with Crippen molar-refractivity contribution < 1.29 is 19.8 Å². The van der Waals surface area contributed by atoms with Crippen LogP contribution in [0.4, 0.5) is 0 Å². The van der Waals surface area contributed by atoms with E-state index in [1.165, 1.54) is 0 Å². The number of hydrogen-bond acceptors (Lipinski definition) is 4. The Morgan fingerprint density at radius 1 is 1.12 bits per heavy atom. The standard InChI is InChI=1S/C21H30O4/c1-19-9-10-21(25)16(15(19)5-6-17(19)18(24)12-22)4-3-13-11-14(23)7-8-20(13,21)2/h11,15-17,22,25H,3-10,12H2,1-2H3/t15-,16-,17+,19-,20-,21?/m0/s1. The number of hydrogen-bond donors (Lipinski definition) is 2. The summed E-state index contributed by atoms with van der Waals surface area (Å²) in [6.45, 7) is 4.00. The molecule has 4 heteroatoms. The van der Waals surface area contributed by atoms with E-state index in [4.69, 9.17) is 0 Å². The average Bonchev–Trinajstić information content (AvgIpc) is 2.93. The third-order valence-electron chi connectivity index (χ3n) is 8.69. The maximum Gasteiger partial charge on any atom is 0.161 e. The number of ketones is 2. The van der Waals surface area contributed by atoms with E-state index >= 15 is 0 Å². The highest BCUT2D eigenvalue weighted by atomic mass is 16.3. The van der Waals surface area contributed by atoms with E-state index in [2.05, 4.69) is 13.8 Å². The second-order valence-corrected chi connectivity index (χ2v) is 9.40. The molecule has 4 aliphatic carbocycles. The van der Waals surface area contributed by atoms with Crippen LogP contribution < -0.4 is 0 Å². The van der Waals surface area contributed by atoms with Crippen LogP contribution in [0, 0.1) is 28.6 Å². The van der Waals surface area contributed by atoms with Crippen LogP contribution in [0.5, 0.6) is 0 Å². The van der Waals surface area contributed by atoms with Crippen molar-refractivity contribution in [3.8, 4) is 0 Å². The zero-order chi connectivity index (χ0) is 18.0. The summed E-state index contributed by atoms with van der Waals surface area (Å²) in [7, 11) is 0. The lowest BCUT2D eigenvalue weighted by molar-refractivity contribution is -0.192. The molecule has 0 aromatic carbocycles. The van der Waals surface area contributed by atoms with Crippen LogP contribution in [0.1, 0.15) is 65.2 Å². The third kappa shape index (κ3) is 2.13. The second-order valence-electron chi connectivity index (χ2n) is 9.40. The minimum absolute atomic E-state index is 0.0266. The van der Waals surface area contributed by atoms with Gasteiger partial charge in [-0.15, -0.1) is 0 Å². The summed E-state index contributed by atoms with van der Waals surface area (Å²) in [5, 5.41) is 21.3. The number of aliphatic hydroxyl groups excluding tert-OH is 1. The van der Waals surface area contributed by atoms with Gasteiger partial charge < -0.3 is 10.2 Å². The Balaban J connectivity index is 1.71. The molecule has 3 fully saturated rings. The Morgan fingerprint density at radius 2 is 1.88 bits per heavy atom. The Labute approximate surface area is 149 Å². The maximum absolute atomic E-state index is 12.3. The van der Waals surface area contributed by atoms with Crippen LogP contribution in [0.25, 0.3) is 0 Å². The molecule has 0 aliphatic heterocycles. The molecule has 6 atom stereocenters. The molecule has 138 valence electrons. The van der Waals surface area contributed by atoms with Crippen LogP contribution in [0.3, 0.4) is 0 Å². The molecule has 0 amide bonds. The van der Waals surface area contributed by atoms with E-state index in [9.17, 15) is 19.8 Å². The predicted molar refractivity (Wildman–Crippen MR) is 93.8 cm³/mol. The molecule has 0 aromatic rings. The Bertz CT molecular complexity index is 652. The van der Waals surface area contributed by atoms with E-state index in [0.717, 1.165) is 44.1 Å². The van der Waals surface area contributed by atoms with Gasteiger partial charge in [-0.1, -0.05) is 19.4 Å². The molecule has 0 radical (unpaired) electrons. The largest absolute Gasteiger partial charge is 0.389 e. The van der Waals surface area contributed by atoms with Gasteiger partial charge in [-0.3, -0.25) is 9.59 Å². The topological polar surface area (TPSA) is 74.6 Å². The number of carbonyl (C=O) groups excluding carboxylic acids is 2. The zero-order valence-corrected chi connectivity index (χ0v) is 15.4. The molecule has 4 rings (SSSR count). The van der Waals surface area contributed by atoms with Crippen LogP contribution in [0.2, 0.25) is 0 Å². The molecule has 1 unspecified atom stereocenters. The number of carbonyl (C=O) groups is 2. The highest BCUT2D eigenvalue weighted by molar-refractivity contribution is 5.91. The van der Waals surface area contributed by atoms with Gasteiger partial charge in [0.25, 0.3) is 0 Å². The van der Waals surface area contributed by atoms with E-state index in [1.807, 2.05) is 0 Å². The SMILES string of the molecule is C[C@]12CCC3(O)[C@@H](CCC4=CC(=O)CC[C@@]43C)[C@@H]1CC[C@@H]2C(=O)CO. The van der Waals surface area contributed by atoms with Crippen molar-refractivity contribution in [1.29, 1.82) is 0 Å². The van der Waals surface area contributed by atoms with Crippen molar-refractivity contribution in [1.82, 2.24) is 0 Å². The molecule has 2 N–H and O–H groups in total. The van der Waals surface area contributed by atoms with Gasteiger partial charge in [0.1, 0.15) is 6.61 Å². The molecule has 4 aliphatic rings. The highest BCUT2D eigenvalue weighted by Crippen LogP contribution is 2.68. The summed E-state index contributed by atoms with van der Waals surface area (Å²) in [6, 6.07) is 0. The summed E-state index contributed by atoms with van der Waals surface area (Å²) in [5.41, 5.74) is -0.0191. The summed E-state index contributed by atoms with van der Waals surface area (Å²) in [5.74, 6) is 0.636. The third-order valence-corrected chi connectivity index (χ3v) is 8.69. The lowest BCUT2D eigenvalue weighted by atomic mass is 9.44. The molecular formula is C21H30O4. The Morgan fingerprint density at radius 3 is 2.60 bits per heavy atom. The highest BCUT2D eigenvalue weighted by Gasteiger charge is 2.66. The maximum atomic E-state index is 12.3. The van der Waals surface area contributed by atoms with E-state index < -0.39 is 5.60 Å². The van der Waals surface area contributed by atoms with Gasteiger partial charge in [0.05, 0.1) is 5.60 Å². The van der Waals surface area contributed by atoms with Crippen LogP contribution in [-0.2, 0) is 9.59 Å². The van der Waals surface area contributed by atoms with Crippen molar-refractivity contribution in [3.05, 3.63) is 11.6 Å². The van der Waals surface area contributed by atoms with Crippen molar-refractivity contribution in [3.63, 3.8) is 0 Å². The van der Waals surface area contributed by atoms with Crippen molar-refractivity contribution in [2.24, 2.45) is 28.6 Å². The normalized spacial score (nSPS) is 49.0. The van der Waals surface area contributed by atoms with Crippen molar-refractivity contribution in [2.45, 2.75) is 70.8 Å². The number of rotatable bonds is 2. The first kappa shape index (κ1) is 17.4. The van der Waals surface area contributed by atoms with Gasteiger partial charge in [-0.05, 0) is 68.3 Å². The fraction of sp³-hybridized carbons (Fsp3) is 0.810. The van der Waals surface area contributed by atoms with Crippen molar-refractivity contribution >= 4 is 11.6 Å².